The van der Waals surface area contributed by atoms with Crippen LogP contribution in [-0.2, 0) is 28.7 Å². The highest BCUT2D eigenvalue weighted by molar-refractivity contribution is 6.34. The topological polar surface area (TPSA) is 125 Å². The van der Waals surface area contributed by atoms with Gasteiger partial charge in [-0.25, -0.2) is 0 Å². The number of hydrogen-bond donors (Lipinski definition) is 2. The lowest BCUT2D eigenvalue weighted by Crippen LogP contribution is -2.57. The maximum atomic E-state index is 14.8. The van der Waals surface area contributed by atoms with E-state index >= 15 is 0 Å². The van der Waals surface area contributed by atoms with Crippen molar-refractivity contribution in [1.29, 1.82) is 0 Å². The molecule has 10 nitrogen and oxygen atoms in total. The Bertz CT molecular complexity index is 1490. The molecule has 11 heteroatoms. The molecule has 7 atom stereocenters. The van der Waals surface area contributed by atoms with Crippen LogP contribution in [-0.4, -0.2) is 77.2 Å². The second-order valence-corrected chi connectivity index (χ2v) is 12.4. The summed E-state index contributed by atoms with van der Waals surface area (Å²) in [5, 5.41) is 13.8. The molecule has 1 spiro atoms. The Kier molecular flexibility index (Phi) is 10.3. The fourth-order valence-corrected chi connectivity index (χ4v) is 7.39. The number of esters is 1. The molecule has 0 aliphatic carbocycles. The van der Waals surface area contributed by atoms with E-state index in [0.29, 0.717) is 35.5 Å². The van der Waals surface area contributed by atoms with Gasteiger partial charge in [0.25, 0.3) is 5.91 Å². The van der Waals surface area contributed by atoms with Crippen molar-refractivity contribution in [3.63, 3.8) is 0 Å². The lowest BCUT2D eigenvalue weighted by atomic mass is 9.70. The normalized spacial score (nSPS) is 25.8. The molecule has 2 bridgehead atoms. The third-order valence-corrected chi connectivity index (χ3v) is 9.46. The molecule has 5 rings (SSSR count). The van der Waals surface area contributed by atoms with Gasteiger partial charge < -0.3 is 29.7 Å². The minimum atomic E-state index is -1.34. The van der Waals surface area contributed by atoms with Gasteiger partial charge in [0.15, 0.2) is 0 Å². The first-order chi connectivity index (χ1) is 22.2. The van der Waals surface area contributed by atoms with Gasteiger partial charge in [0.1, 0.15) is 17.7 Å². The van der Waals surface area contributed by atoms with Gasteiger partial charge in [-0.05, 0) is 43.9 Å². The van der Waals surface area contributed by atoms with Crippen LogP contribution in [0.1, 0.15) is 44.2 Å². The summed E-state index contributed by atoms with van der Waals surface area (Å²) in [5.74, 6) is -3.72. The molecule has 0 radical (unpaired) electrons. The minimum Gasteiger partial charge on any atom is -0.460 e. The number of allylic oxidation sites excluding steroid dienone is 1. The molecule has 3 fully saturated rings. The third-order valence-electron chi connectivity index (χ3n) is 9.14. The third kappa shape index (κ3) is 6.09. The Morgan fingerprint density at radius 3 is 2.57 bits per heavy atom. The van der Waals surface area contributed by atoms with E-state index in [2.05, 4.69) is 18.5 Å². The van der Waals surface area contributed by atoms with Crippen molar-refractivity contribution in [2.75, 3.05) is 24.6 Å². The number of aliphatic hydroxyl groups excluding tert-OH is 1. The van der Waals surface area contributed by atoms with E-state index in [4.69, 9.17) is 21.1 Å². The molecule has 2 aromatic carbocycles. The van der Waals surface area contributed by atoms with Gasteiger partial charge in [-0.15, -0.1) is 13.2 Å². The number of likely N-dealkylation sites (tertiary alicyclic amines) is 1. The van der Waals surface area contributed by atoms with E-state index in [0.717, 1.165) is 0 Å². The number of benzene rings is 2. The number of carbonyl (C=O) groups excluding carboxylic acids is 4. The molecule has 3 aliphatic rings. The van der Waals surface area contributed by atoms with Crippen LogP contribution in [0.5, 0.6) is 0 Å². The lowest BCUT2D eigenvalue weighted by Gasteiger charge is -2.39. The maximum absolute atomic E-state index is 14.8. The van der Waals surface area contributed by atoms with Gasteiger partial charge in [0.05, 0.1) is 47.8 Å². The number of fused-ring (bicyclic) bond motifs is 1. The van der Waals surface area contributed by atoms with E-state index in [-0.39, 0.29) is 25.4 Å². The van der Waals surface area contributed by atoms with E-state index in [1.54, 1.807) is 67.6 Å². The molecule has 2 N–H and O–H groups in total. The van der Waals surface area contributed by atoms with Crippen molar-refractivity contribution < 1.29 is 33.8 Å². The quantitative estimate of drug-likeness (QED) is 0.234. The van der Waals surface area contributed by atoms with Gasteiger partial charge in [-0.2, -0.15) is 0 Å². The first-order valence-electron chi connectivity index (χ1n) is 15.6. The number of hydrogen-bond acceptors (Lipinski definition) is 7. The Hall–Kier alpha value is -3.99. The Morgan fingerprint density at radius 1 is 1.17 bits per heavy atom. The number of amides is 3. The summed E-state index contributed by atoms with van der Waals surface area (Å²) in [4.78, 5) is 58.1. The Labute approximate surface area is 274 Å². The highest BCUT2D eigenvalue weighted by atomic mass is 35.5. The zero-order valence-electron chi connectivity index (χ0n) is 25.8. The highest BCUT2D eigenvalue weighted by Crippen LogP contribution is 2.60. The summed E-state index contributed by atoms with van der Waals surface area (Å²) < 4.78 is 12.3. The zero-order valence-corrected chi connectivity index (χ0v) is 26.6. The first kappa shape index (κ1) is 33.4. The number of nitrogens with zero attached hydrogens (tertiary/aromatic N) is 2. The average Bonchev–Trinajstić information content (AvgIpc) is 3.70. The number of anilines is 1. The van der Waals surface area contributed by atoms with Crippen molar-refractivity contribution in [2.24, 2.45) is 11.8 Å². The largest absolute Gasteiger partial charge is 0.460 e. The Morgan fingerprint density at radius 2 is 1.89 bits per heavy atom. The van der Waals surface area contributed by atoms with Gasteiger partial charge in [0.2, 0.25) is 11.8 Å². The van der Waals surface area contributed by atoms with E-state index in [1.807, 2.05) is 6.07 Å². The maximum Gasteiger partial charge on any atom is 0.312 e. The summed E-state index contributed by atoms with van der Waals surface area (Å²) in [6.07, 6.45) is 3.53. The molecule has 3 heterocycles. The van der Waals surface area contributed by atoms with Gasteiger partial charge >= 0.3 is 5.97 Å². The predicted molar refractivity (Wildman–Crippen MR) is 173 cm³/mol. The molecule has 46 heavy (non-hydrogen) atoms. The summed E-state index contributed by atoms with van der Waals surface area (Å²) >= 11 is 6.56. The molecule has 0 aromatic heterocycles. The highest BCUT2D eigenvalue weighted by Gasteiger charge is 2.76. The van der Waals surface area contributed by atoms with Crippen LogP contribution in [0, 0.1) is 11.8 Å². The molecule has 0 unspecified atom stereocenters. The SMILES string of the molecule is C=CCCC(=O)NC[C@H](C)OC(=O)[C@@H]1[C@H]2C(=O)N([C@H](CO)c3ccccc3)[C@H](C(=O)N(CC=C)c3ccccc3Cl)[C@]23CC[C@H]1O3. The standard InChI is InChI=1S/C35H40ClN3O7/c1-4-6-16-28(41)37-20-22(3)45-34(44)29-27-17-18-35(46-27)30(29)32(42)39(26(21-40)23-12-8-7-9-13-23)31(35)33(43)38(19-5-2)25-15-11-10-14-24(25)36/h4-5,7-15,22,26-27,29-31,40H,1-2,6,16-21H2,3H3,(H,37,41)/t22-,26+,27+,29-,30-,31+,35-/m0/s1. The second-order valence-electron chi connectivity index (χ2n) is 12.0. The monoisotopic (exact) mass is 649 g/mol. The van der Waals surface area contributed by atoms with Crippen LogP contribution in [0.4, 0.5) is 5.69 Å². The molecule has 0 saturated carbocycles. The van der Waals surface area contributed by atoms with Crippen molar-refractivity contribution in [3.05, 3.63) is 90.5 Å². The fourth-order valence-electron chi connectivity index (χ4n) is 7.16. The summed E-state index contributed by atoms with van der Waals surface area (Å²) in [6.45, 7) is 8.85. The molecule has 2 aromatic rings. The van der Waals surface area contributed by atoms with Crippen LogP contribution in [0.3, 0.4) is 0 Å². The zero-order chi connectivity index (χ0) is 33.0. The van der Waals surface area contributed by atoms with Gasteiger partial charge in [-0.1, -0.05) is 66.2 Å². The van der Waals surface area contributed by atoms with Crippen molar-refractivity contribution in [1.82, 2.24) is 10.2 Å². The van der Waals surface area contributed by atoms with Crippen molar-refractivity contribution in [3.8, 4) is 0 Å². The minimum absolute atomic E-state index is 0.0991. The van der Waals surface area contributed by atoms with E-state index in [1.165, 1.54) is 9.80 Å². The number of para-hydroxylation sites is 1. The summed E-state index contributed by atoms with van der Waals surface area (Å²) in [6, 6.07) is 13.8. The smallest absolute Gasteiger partial charge is 0.312 e. The fraction of sp³-hybridized carbons (Fsp3) is 0.429. The van der Waals surface area contributed by atoms with Crippen molar-refractivity contribution in [2.45, 2.75) is 62.5 Å². The number of carbonyl (C=O) groups is 4. The van der Waals surface area contributed by atoms with Crippen LogP contribution in [0.15, 0.2) is 79.9 Å². The second kappa shape index (κ2) is 14.2. The summed E-state index contributed by atoms with van der Waals surface area (Å²) in [7, 11) is 0. The van der Waals surface area contributed by atoms with Crippen LogP contribution in [0.25, 0.3) is 0 Å². The number of nitrogens with one attached hydrogen (secondary N) is 1. The average molecular weight is 650 g/mol. The molecule has 3 aliphatic heterocycles. The van der Waals surface area contributed by atoms with Gasteiger partial charge in [0, 0.05) is 13.0 Å². The first-order valence-corrected chi connectivity index (χ1v) is 16.0. The molecule has 244 valence electrons. The molecular weight excluding hydrogens is 610 g/mol. The van der Waals surface area contributed by atoms with Crippen molar-refractivity contribution >= 4 is 41.0 Å². The van der Waals surface area contributed by atoms with Crippen LogP contribution >= 0.6 is 11.6 Å². The van der Waals surface area contributed by atoms with E-state index < -0.39 is 66.1 Å². The lowest BCUT2D eigenvalue weighted by molar-refractivity contribution is -0.159. The van der Waals surface area contributed by atoms with E-state index in [9.17, 15) is 24.3 Å². The predicted octanol–water partition coefficient (Wildman–Crippen LogP) is 3.98. The van der Waals surface area contributed by atoms with Crippen LogP contribution < -0.4 is 10.2 Å². The molecule has 3 amide bonds. The summed E-state index contributed by atoms with van der Waals surface area (Å²) in [5.41, 5.74) is -0.267. The van der Waals surface area contributed by atoms with Gasteiger partial charge in [-0.3, -0.25) is 19.2 Å². The number of rotatable bonds is 14. The Balaban J connectivity index is 1.50. The van der Waals surface area contributed by atoms with Crippen LogP contribution in [0.2, 0.25) is 5.02 Å². The molecule has 3 saturated heterocycles. The molecular formula is C35H40ClN3O7. The number of halogens is 1. The number of aliphatic hydroxyl groups is 1. The number of ether oxygens (including phenoxy) is 2.